The number of furan rings is 1. The Balaban J connectivity index is 1.87. The second-order valence-electron chi connectivity index (χ2n) is 7.38. The molecule has 160 valence electrons. The van der Waals surface area contributed by atoms with Crippen LogP contribution in [0.3, 0.4) is 0 Å². The molecule has 0 amide bonds. The van der Waals surface area contributed by atoms with Crippen LogP contribution >= 0.6 is 0 Å². The zero-order valence-electron chi connectivity index (χ0n) is 17.8. The smallest absolute Gasteiger partial charge is 0.191 e. The Morgan fingerprint density at radius 3 is 2.71 bits per heavy atom. The van der Waals surface area contributed by atoms with E-state index in [9.17, 15) is 0 Å². The van der Waals surface area contributed by atoms with Crippen molar-refractivity contribution in [3.05, 3.63) is 24.2 Å². The lowest BCUT2D eigenvalue weighted by Crippen LogP contribution is -2.48. The van der Waals surface area contributed by atoms with Gasteiger partial charge in [-0.15, -0.1) is 0 Å². The molecule has 0 aliphatic carbocycles. The summed E-state index contributed by atoms with van der Waals surface area (Å²) >= 11 is 0. The quantitative estimate of drug-likeness (QED) is 0.322. The summed E-state index contributed by atoms with van der Waals surface area (Å²) in [5, 5.41) is 6.88. The SMILES string of the molecule is CCOCCCNC(=NCC(C(C)C)N1CCOCC1)NCCc1ccco1. The third-order valence-corrected chi connectivity index (χ3v) is 4.93. The van der Waals surface area contributed by atoms with Crippen LogP contribution in [0.2, 0.25) is 0 Å². The molecule has 1 fully saturated rings. The molecule has 1 aromatic heterocycles. The van der Waals surface area contributed by atoms with Crippen molar-refractivity contribution in [2.45, 2.75) is 39.7 Å². The van der Waals surface area contributed by atoms with Crippen molar-refractivity contribution >= 4 is 5.96 Å². The maximum atomic E-state index is 5.51. The van der Waals surface area contributed by atoms with Crippen molar-refractivity contribution in [2.75, 3.05) is 59.2 Å². The van der Waals surface area contributed by atoms with Crippen molar-refractivity contribution in [1.82, 2.24) is 15.5 Å². The maximum Gasteiger partial charge on any atom is 0.191 e. The normalized spacial score (nSPS) is 17.1. The van der Waals surface area contributed by atoms with Crippen LogP contribution in [0.1, 0.15) is 33.0 Å². The number of nitrogens with zero attached hydrogens (tertiary/aromatic N) is 2. The average molecular weight is 395 g/mol. The number of guanidine groups is 1. The van der Waals surface area contributed by atoms with E-state index in [2.05, 4.69) is 29.4 Å². The molecule has 2 rings (SSSR count). The minimum absolute atomic E-state index is 0.427. The van der Waals surface area contributed by atoms with E-state index in [0.717, 1.165) is 83.7 Å². The number of morpholine rings is 1. The minimum atomic E-state index is 0.427. The van der Waals surface area contributed by atoms with E-state index in [-0.39, 0.29) is 0 Å². The lowest BCUT2D eigenvalue weighted by molar-refractivity contribution is 0.00867. The van der Waals surface area contributed by atoms with Crippen molar-refractivity contribution < 1.29 is 13.9 Å². The fourth-order valence-electron chi connectivity index (χ4n) is 3.30. The van der Waals surface area contributed by atoms with E-state index < -0.39 is 0 Å². The van der Waals surface area contributed by atoms with E-state index in [0.29, 0.717) is 12.0 Å². The van der Waals surface area contributed by atoms with Crippen LogP contribution in [0.4, 0.5) is 0 Å². The van der Waals surface area contributed by atoms with Crippen molar-refractivity contribution in [3.63, 3.8) is 0 Å². The third-order valence-electron chi connectivity index (χ3n) is 4.93. The van der Waals surface area contributed by atoms with Gasteiger partial charge in [0.1, 0.15) is 5.76 Å². The summed E-state index contributed by atoms with van der Waals surface area (Å²) in [6.07, 6.45) is 3.51. The molecule has 1 aliphatic rings. The molecule has 1 unspecified atom stereocenters. The summed E-state index contributed by atoms with van der Waals surface area (Å²) in [6.45, 7) is 14.1. The lowest BCUT2D eigenvalue weighted by atomic mass is 10.0. The molecule has 1 aliphatic heterocycles. The van der Waals surface area contributed by atoms with Crippen LogP contribution in [0, 0.1) is 5.92 Å². The molecule has 1 aromatic rings. The van der Waals surface area contributed by atoms with Crippen LogP contribution < -0.4 is 10.6 Å². The molecule has 0 aromatic carbocycles. The Morgan fingerprint density at radius 2 is 2.04 bits per heavy atom. The summed E-state index contributed by atoms with van der Waals surface area (Å²) in [5.74, 6) is 2.39. The largest absolute Gasteiger partial charge is 0.469 e. The number of nitrogens with one attached hydrogen (secondary N) is 2. The second kappa shape index (κ2) is 13.6. The van der Waals surface area contributed by atoms with E-state index in [1.54, 1.807) is 6.26 Å². The topological polar surface area (TPSA) is 71.3 Å². The van der Waals surface area contributed by atoms with Crippen LogP contribution in [0.5, 0.6) is 0 Å². The van der Waals surface area contributed by atoms with Crippen LogP contribution in [0.25, 0.3) is 0 Å². The summed E-state index contributed by atoms with van der Waals surface area (Å²) in [4.78, 5) is 7.40. The van der Waals surface area contributed by atoms with Crippen LogP contribution in [-0.4, -0.2) is 76.1 Å². The van der Waals surface area contributed by atoms with E-state index in [1.165, 1.54) is 0 Å². The summed E-state index contributed by atoms with van der Waals surface area (Å²) in [7, 11) is 0. The van der Waals surface area contributed by atoms with Crippen LogP contribution in [0.15, 0.2) is 27.8 Å². The Kier molecular flexibility index (Phi) is 11.0. The molecule has 0 radical (unpaired) electrons. The van der Waals surface area contributed by atoms with Gasteiger partial charge in [-0.2, -0.15) is 0 Å². The molecular formula is C21H38N4O3. The molecule has 1 atom stereocenters. The highest BCUT2D eigenvalue weighted by Crippen LogP contribution is 2.13. The van der Waals surface area contributed by atoms with Crippen LogP contribution in [-0.2, 0) is 15.9 Å². The fourth-order valence-corrected chi connectivity index (χ4v) is 3.30. The van der Waals surface area contributed by atoms with Crippen molar-refractivity contribution in [1.29, 1.82) is 0 Å². The highest BCUT2D eigenvalue weighted by molar-refractivity contribution is 5.79. The highest BCUT2D eigenvalue weighted by Gasteiger charge is 2.23. The molecule has 2 N–H and O–H groups in total. The standard InChI is InChI=1S/C21H38N4O3/c1-4-26-13-6-9-22-21(23-10-8-19-7-5-14-28-19)24-17-20(18(2)3)25-11-15-27-16-12-25/h5,7,14,18,20H,4,6,8-13,15-17H2,1-3H3,(H2,22,23,24). The zero-order valence-corrected chi connectivity index (χ0v) is 17.8. The van der Waals surface area contributed by atoms with Gasteiger partial charge < -0.3 is 24.5 Å². The first kappa shape index (κ1) is 22.7. The molecule has 7 heteroatoms. The summed E-state index contributed by atoms with van der Waals surface area (Å²) in [5.41, 5.74) is 0. The van der Waals surface area contributed by atoms with Gasteiger partial charge in [0.25, 0.3) is 0 Å². The van der Waals surface area contributed by atoms with Gasteiger partial charge in [-0.3, -0.25) is 9.89 Å². The molecule has 0 bridgehead atoms. The molecule has 7 nitrogen and oxygen atoms in total. The fraction of sp³-hybridized carbons (Fsp3) is 0.762. The predicted molar refractivity (Wildman–Crippen MR) is 113 cm³/mol. The van der Waals surface area contributed by atoms with E-state index in [4.69, 9.17) is 18.9 Å². The highest BCUT2D eigenvalue weighted by atomic mass is 16.5. The average Bonchev–Trinajstić information content (AvgIpc) is 3.21. The van der Waals surface area contributed by atoms with Gasteiger partial charge in [0.05, 0.1) is 26.0 Å². The second-order valence-corrected chi connectivity index (χ2v) is 7.38. The van der Waals surface area contributed by atoms with E-state index >= 15 is 0 Å². The number of rotatable bonds is 12. The zero-order chi connectivity index (χ0) is 20.0. The minimum Gasteiger partial charge on any atom is -0.469 e. The monoisotopic (exact) mass is 394 g/mol. The first-order chi connectivity index (χ1) is 13.7. The van der Waals surface area contributed by atoms with E-state index in [1.807, 2.05) is 19.1 Å². The number of hydrogen-bond acceptors (Lipinski definition) is 5. The Morgan fingerprint density at radius 1 is 1.25 bits per heavy atom. The summed E-state index contributed by atoms with van der Waals surface area (Å²) in [6, 6.07) is 4.35. The number of hydrogen-bond donors (Lipinski definition) is 2. The van der Waals surface area contributed by atoms with Gasteiger partial charge in [-0.05, 0) is 31.4 Å². The molecule has 0 saturated carbocycles. The Bertz CT molecular complexity index is 528. The van der Waals surface area contributed by atoms with Gasteiger partial charge in [-0.1, -0.05) is 13.8 Å². The van der Waals surface area contributed by atoms with Gasteiger partial charge in [0.15, 0.2) is 5.96 Å². The lowest BCUT2D eigenvalue weighted by Gasteiger charge is -2.36. The molecule has 1 saturated heterocycles. The summed E-state index contributed by atoms with van der Waals surface area (Å²) < 4.78 is 16.3. The Labute approximate surface area is 169 Å². The number of ether oxygens (including phenoxy) is 2. The van der Waals surface area contributed by atoms with Gasteiger partial charge in [0.2, 0.25) is 0 Å². The number of aliphatic imine (C=N–C) groups is 1. The molecule has 0 spiro atoms. The van der Waals surface area contributed by atoms with Gasteiger partial charge in [-0.25, -0.2) is 0 Å². The first-order valence-corrected chi connectivity index (χ1v) is 10.6. The molecule has 28 heavy (non-hydrogen) atoms. The molecule has 2 heterocycles. The van der Waals surface area contributed by atoms with Gasteiger partial charge in [0, 0.05) is 51.9 Å². The van der Waals surface area contributed by atoms with Crippen molar-refractivity contribution in [3.8, 4) is 0 Å². The predicted octanol–water partition coefficient (Wildman–Crippen LogP) is 2.14. The first-order valence-electron chi connectivity index (χ1n) is 10.6. The van der Waals surface area contributed by atoms with Gasteiger partial charge >= 0.3 is 0 Å². The molecular weight excluding hydrogens is 356 g/mol. The Hall–Kier alpha value is -1.57. The van der Waals surface area contributed by atoms with Crippen molar-refractivity contribution in [2.24, 2.45) is 10.9 Å². The maximum absolute atomic E-state index is 5.51. The third kappa shape index (κ3) is 8.63.